The molecule has 1 aliphatic rings. The lowest BCUT2D eigenvalue weighted by Crippen LogP contribution is -2.41. The van der Waals surface area contributed by atoms with Crippen molar-refractivity contribution in [2.45, 2.75) is 37.7 Å². The first-order chi connectivity index (χ1) is 11.4. The number of carbonyl (C=O) groups excluding carboxylic acids is 1. The molecule has 1 fully saturated rings. The van der Waals surface area contributed by atoms with Crippen molar-refractivity contribution in [1.29, 1.82) is 0 Å². The van der Waals surface area contributed by atoms with E-state index in [0.717, 1.165) is 45.3 Å². The Balaban J connectivity index is 1.74. The predicted molar refractivity (Wildman–Crippen MR) is 93.8 cm³/mol. The zero-order valence-corrected chi connectivity index (χ0v) is 14.8. The number of rotatable bonds is 7. The number of aliphatic hydroxyl groups is 1. The van der Waals surface area contributed by atoms with Crippen molar-refractivity contribution >= 4 is 5.78 Å². The Kier molecular flexibility index (Phi) is 6.90. The lowest BCUT2D eigenvalue weighted by atomic mass is 9.94. The summed E-state index contributed by atoms with van der Waals surface area (Å²) in [5, 5.41) is 10.7. The van der Waals surface area contributed by atoms with Crippen LogP contribution in [0.4, 0.5) is 4.39 Å². The van der Waals surface area contributed by atoms with Gasteiger partial charge in [-0.25, -0.2) is 4.39 Å². The summed E-state index contributed by atoms with van der Waals surface area (Å²) in [6, 6.07) is 5.75. The van der Waals surface area contributed by atoms with E-state index < -0.39 is 5.60 Å². The molecule has 0 unspecified atom stereocenters. The van der Waals surface area contributed by atoms with Gasteiger partial charge in [-0.2, -0.15) is 0 Å². The number of Topliss-reactive ketones (excluding diaryl/α,β-unsaturated/α-hetero) is 1. The standard InChI is InChI=1S/C19H29FN2O2/c1-21(2)15-19(24)10-4-13-22(14-11-19)12-3-5-18(23)16-6-8-17(20)9-7-16/h6-9,24H,3-5,10-15H2,1-2H3/t19-/m1/s1. The molecular weight excluding hydrogens is 307 g/mol. The number of hydrogen-bond donors (Lipinski definition) is 1. The molecular formula is C19H29FN2O2. The Morgan fingerprint density at radius 3 is 2.62 bits per heavy atom. The van der Waals surface area contributed by atoms with Crippen LogP contribution in [0.25, 0.3) is 0 Å². The summed E-state index contributed by atoms with van der Waals surface area (Å²) >= 11 is 0. The molecule has 0 aromatic heterocycles. The van der Waals surface area contributed by atoms with Gasteiger partial charge in [0, 0.05) is 25.1 Å². The van der Waals surface area contributed by atoms with Crippen molar-refractivity contribution in [2.24, 2.45) is 0 Å². The van der Waals surface area contributed by atoms with Crippen LogP contribution < -0.4 is 0 Å². The second-order valence-corrected chi connectivity index (χ2v) is 7.19. The van der Waals surface area contributed by atoms with Gasteiger partial charge in [-0.05, 0) is 77.1 Å². The van der Waals surface area contributed by atoms with Gasteiger partial charge in [0.2, 0.25) is 0 Å². The molecule has 0 spiro atoms. The molecule has 24 heavy (non-hydrogen) atoms. The number of benzene rings is 1. The summed E-state index contributed by atoms with van der Waals surface area (Å²) in [6.45, 7) is 3.41. The molecule has 1 heterocycles. The van der Waals surface area contributed by atoms with Gasteiger partial charge in [0.05, 0.1) is 5.60 Å². The van der Waals surface area contributed by atoms with E-state index in [4.69, 9.17) is 0 Å². The van der Waals surface area contributed by atoms with E-state index in [-0.39, 0.29) is 11.6 Å². The molecule has 134 valence electrons. The fourth-order valence-electron chi connectivity index (χ4n) is 3.45. The van der Waals surface area contributed by atoms with Gasteiger partial charge in [-0.15, -0.1) is 0 Å². The molecule has 0 radical (unpaired) electrons. The minimum absolute atomic E-state index is 0.0638. The summed E-state index contributed by atoms with van der Waals surface area (Å²) in [7, 11) is 3.98. The summed E-state index contributed by atoms with van der Waals surface area (Å²) < 4.78 is 12.9. The van der Waals surface area contributed by atoms with Crippen molar-refractivity contribution in [1.82, 2.24) is 9.80 Å². The maximum Gasteiger partial charge on any atom is 0.162 e. The molecule has 0 bridgehead atoms. The first kappa shape index (κ1) is 19.0. The molecule has 5 heteroatoms. The van der Waals surface area contributed by atoms with Gasteiger partial charge in [-0.1, -0.05) is 0 Å². The molecule has 4 nitrogen and oxygen atoms in total. The predicted octanol–water partition coefficient (Wildman–Crippen LogP) is 2.57. The number of likely N-dealkylation sites (N-methyl/N-ethyl adjacent to an activating group) is 1. The molecule has 1 aromatic rings. The maximum absolute atomic E-state index is 12.9. The minimum Gasteiger partial charge on any atom is -0.389 e. The van der Waals surface area contributed by atoms with Crippen molar-refractivity contribution in [3.05, 3.63) is 35.6 Å². The molecule has 0 aliphatic carbocycles. The highest BCUT2D eigenvalue weighted by molar-refractivity contribution is 5.95. The van der Waals surface area contributed by atoms with Crippen LogP contribution in [0.5, 0.6) is 0 Å². The highest BCUT2D eigenvalue weighted by atomic mass is 19.1. The third kappa shape index (κ3) is 5.96. The largest absolute Gasteiger partial charge is 0.389 e. The first-order valence-electron chi connectivity index (χ1n) is 8.76. The number of halogens is 1. The van der Waals surface area contributed by atoms with Crippen molar-refractivity contribution in [3.63, 3.8) is 0 Å². The van der Waals surface area contributed by atoms with Crippen LogP contribution in [0, 0.1) is 5.82 Å². The molecule has 1 atom stereocenters. The van der Waals surface area contributed by atoms with Crippen molar-refractivity contribution in [2.75, 3.05) is 40.3 Å². The van der Waals surface area contributed by atoms with E-state index >= 15 is 0 Å². The monoisotopic (exact) mass is 336 g/mol. The third-order valence-corrected chi connectivity index (χ3v) is 4.66. The van der Waals surface area contributed by atoms with Crippen LogP contribution in [-0.4, -0.2) is 66.6 Å². The number of carbonyl (C=O) groups is 1. The van der Waals surface area contributed by atoms with E-state index in [1.165, 1.54) is 12.1 Å². The molecule has 0 amide bonds. The normalized spacial score (nSPS) is 22.5. The lowest BCUT2D eigenvalue weighted by Gasteiger charge is -2.30. The summed E-state index contributed by atoms with van der Waals surface area (Å²) in [4.78, 5) is 16.5. The quantitative estimate of drug-likeness (QED) is 0.777. The smallest absolute Gasteiger partial charge is 0.162 e. The van der Waals surface area contributed by atoms with Gasteiger partial charge >= 0.3 is 0 Å². The molecule has 1 aromatic carbocycles. The van der Waals surface area contributed by atoms with Crippen LogP contribution in [0.1, 0.15) is 42.5 Å². The Morgan fingerprint density at radius 2 is 1.96 bits per heavy atom. The fraction of sp³-hybridized carbons (Fsp3) is 0.632. The van der Waals surface area contributed by atoms with Gasteiger partial charge < -0.3 is 14.9 Å². The van der Waals surface area contributed by atoms with Crippen molar-refractivity contribution in [3.8, 4) is 0 Å². The topological polar surface area (TPSA) is 43.8 Å². The van der Waals surface area contributed by atoms with Crippen LogP contribution in [0.15, 0.2) is 24.3 Å². The zero-order chi connectivity index (χ0) is 17.6. The highest BCUT2D eigenvalue weighted by Gasteiger charge is 2.30. The number of ketones is 1. The molecule has 2 rings (SSSR count). The molecule has 1 saturated heterocycles. The highest BCUT2D eigenvalue weighted by Crippen LogP contribution is 2.23. The van der Waals surface area contributed by atoms with Gasteiger partial charge in [0.1, 0.15) is 5.82 Å². The summed E-state index contributed by atoms with van der Waals surface area (Å²) in [6.07, 6.45) is 3.86. The summed E-state index contributed by atoms with van der Waals surface area (Å²) in [5.74, 6) is -0.254. The Bertz CT molecular complexity index is 533. The molecule has 1 aliphatic heterocycles. The number of hydrogen-bond acceptors (Lipinski definition) is 4. The third-order valence-electron chi connectivity index (χ3n) is 4.66. The second kappa shape index (κ2) is 8.70. The minimum atomic E-state index is -0.595. The second-order valence-electron chi connectivity index (χ2n) is 7.19. The summed E-state index contributed by atoms with van der Waals surface area (Å²) in [5.41, 5.74) is -0.0186. The van der Waals surface area contributed by atoms with Gasteiger partial charge in [-0.3, -0.25) is 4.79 Å². The molecule has 1 N–H and O–H groups in total. The van der Waals surface area contributed by atoms with E-state index in [2.05, 4.69) is 4.90 Å². The molecule has 0 saturated carbocycles. The number of likely N-dealkylation sites (tertiary alicyclic amines) is 1. The van der Waals surface area contributed by atoms with Crippen molar-refractivity contribution < 1.29 is 14.3 Å². The van der Waals surface area contributed by atoms with E-state index in [0.29, 0.717) is 18.5 Å². The number of nitrogens with zero attached hydrogens (tertiary/aromatic N) is 2. The van der Waals surface area contributed by atoms with Crippen LogP contribution in [0.3, 0.4) is 0 Å². The van der Waals surface area contributed by atoms with E-state index in [9.17, 15) is 14.3 Å². The van der Waals surface area contributed by atoms with Crippen LogP contribution in [-0.2, 0) is 0 Å². The lowest BCUT2D eigenvalue weighted by molar-refractivity contribution is 0.00271. The average molecular weight is 336 g/mol. The van der Waals surface area contributed by atoms with E-state index in [1.807, 2.05) is 19.0 Å². The Morgan fingerprint density at radius 1 is 1.25 bits per heavy atom. The average Bonchev–Trinajstić information content (AvgIpc) is 2.69. The fourth-order valence-corrected chi connectivity index (χ4v) is 3.45. The zero-order valence-electron chi connectivity index (χ0n) is 14.8. The maximum atomic E-state index is 12.9. The Labute approximate surface area is 144 Å². The van der Waals surface area contributed by atoms with Gasteiger partial charge in [0.25, 0.3) is 0 Å². The van der Waals surface area contributed by atoms with Crippen LogP contribution >= 0.6 is 0 Å². The van der Waals surface area contributed by atoms with Crippen LogP contribution in [0.2, 0.25) is 0 Å². The first-order valence-corrected chi connectivity index (χ1v) is 8.76. The van der Waals surface area contributed by atoms with Gasteiger partial charge in [0.15, 0.2) is 5.78 Å². The SMILES string of the molecule is CN(C)C[C@@]1(O)CCCN(CCCC(=O)c2ccc(F)cc2)CC1. The Hall–Kier alpha value is -1.30. The van der Waals surface area contributed by atoms with E-state index in [1.54, 1.807) is 12.1 Å².